The topological polar surface area (TPSA) is 0 Å². The SMILES string of the molecule is C#CSSc1ccccc1. The Hall–Kier alpha value is -0.520. The summed E-state index contributed by atoms with van der Waals surface area (Å²) in [6, 6.07) is 10.1. The van der Waals surface area contributed by atoms with Crippen LogP contribution in [0, 0.1) is 11.7 Å². The smallest absolute Gasteiger partial charge is 0.0192 e. The first-order chi connectivity index (χ1) is 4.93. The molecule has 0 radical (unpaired) electrons. The number of hydrogen-bond acceptors (Lipinski definition) is 2. The van der Waals surface area contributed by atoms with E-state index in [2.05, 4.69) is 5.25 Å². The van der Waals surface area contributed by atoms with Crippen molar-refractivity contribution in [3.05, 3.63) is 30.3 Å². The Morgan fingerprint density at radius 3 is 2.50 bits per heavy atom. The highest BCUT2D eigenvalue weighted by molar-refractivity contribution is 8.78. The molecule has 0 spiro atoms. The molecule has 0 N–H and O–H groups in total. The highest BCUT2D eigenvalue weighted by Gasteiger charge is 1.87. The van der Waals surface area contributed by atoms with Crippen molar-refractivity contribution in [1.29, 1.82) is 0 Å². The molecule has 0 bridgehead atoms. The number of hydrogen-bond donors (Lipinski definition) is 0. The molecule has 50 valence electrons. The summed E-state index contributed by atoms with van der Waals surface area (Å²) in [5.74, 6) is 0. The Kier molecular flexibility index (Phi) is 3.28. The second-order valence-corrected chi connectivity index (χ2v) is 3.64. The Labute approximate surface area is 68.8 Å². The zero-order valence-corrected chi connectivity index (χ0v) is 6.91. The first-order valence-corrected chi connectivity index (χ1v) is 4.92. The third-order valence-corrected chi connectivity index (χ3v) is 2.69. The minimum atomic E-state index is 1.20. The van der Waals surface area contributed by atoms with E-state index in [4.69, 9.17) is 6.42 Å². The predicted molar refractivity (Wildman–Crippen MR) is 48.7 cm³/mol. The molecule has 0 aliphatic heterocycles. The molecular formula is C8H6S2. The van der Waals surface area contributed by atoms with E-state index in [1.807, 2.05) is 30.3 Å². The van der Waals surface area contributed by atoms with Crippen LogP contribution in [-0.2, 0) is 0 Å². The molecule has 1 aromatic rings. The zero-order valence-electron chi connectivity index (χ0n) is 5.28. The third kappa shape index (κ3) is 2.38. The van der Waals surface area contributed by atoms with Gasteiger partial charge in [-0.3, -0.25) is 0 Å². The summed E-state index contributed by atoms with van der Waals surface area (Å²) >= 11 is 0. The standard InChI is InChI=1S/C8H6S2/c1-2-9-10-8-6-4-3-5-7-8/h1,3-7H. The molecule has 2 heteroatoms. The van der Waals surface area contributed by atoms with Crippen molar-refractivity contribution in [2.45, 2.75) is 4.90 Å². The van der Waals surface area contributed by atoms with Crippen LogP contribution in [0.4, 0.5) is 0 Å². The fourth-order valence-corrected chi connectivity index (χ4v) is 1.73. The minimum absolute atomic E-state index is 1.20. The molecule has 0 aliphatic rings. The van der Waals surface area contributed by atoms with Crippen LogP contribution in [0.5, 0.6) is 0 Å². The molecule has 0 atom stereocenters. The van der Waals surface area contributed by atoms with E-state index in [-0.39, 0.29) is 0 Å². The zero-order chi connectivity index (χ0) is 7.23. The summed E-state index contributed by atoms with van der Waals surface area (Å²) < 4.78 is 0. The van der Waals surface area contributed by atoms with Gasteiger partial charge < -0.3 is 0 Å². The summed E-state index contributed by atoms with van der Waals surface area (Å²) in [6.45, 7) is 0. The van der Waals surface area contributed by atoms with E-state index in [1.54, 1.807) is 10.8 Å². The Morgan fingerprint density at radius 1 is 1.20 bits per heavy atom. The quantitative estimate of drug-likeness (QED) is 0.489. The van der Waals surface area contributed by atoms with Crippen molar-refractivity contribution >= 4 is 21.6 Å². The van der Waals surface area contributed by atoms with Gasteiger partial charge in [0.1, 0.15) is 0 Å². The van der Waals surface area contributed by atoms with Gasteiger partial charge in [0.25, 0.3) is 0 Å². The van der Waals surface area contributed by atoms with Crippen molar-refractivity contribution in [3.8, 4) is 11.7 Å². The van der Waals surface area contributed by atoms with Crippen molar-refractivity contribution in [3.63, 3.8) is 0 Å². The molecule has 0 aliphatic carbocycles. The van der Waals surface area contributed by atoms with Crippen LogP contribution < -0.4 is 0 Å². The third-order valence-electron chi connectivity index (χ3n) is 0.929. The molecule has 0 fully saturated rings. The first kappa shape index (κ1) is 7.59. The maximum Gasteiger partial charge on any atom is 0.0192 e. The van der Waals surface area contributed by atoms with Gasteiger partial charge in [-0.25, -0.2) is 0 Å². The van der Waals surface area contributed by atoms with Crippen LogP contribution in [0.2, 0.25) is 0 Å². The van der Waals surface area contributed by atoms with Gasteiger partial charge in [-0.1, -0.05) is 18.2 Å². The molecule has 0 unspecified atom stereocenters. The monoisotopic (exact) mass is 166 g/mol. The molecular weight excluding hydrogens is 160 g/mol. The number of benzene rings is 1. The molecule has 0 saturated carbocycles. The van der Waals surface area contributed by atoms with Crippen molar-refractivity contribution < 1.29 is 0 Å². The van der Waals surface area contributed by atoms with E-state index in [0.29, 0.717) is 0 Å². The van der Waals surface area contributed by atoms with E-state index in [0.717, 1.165) is 0 Å². The van der Waals surface area contributed by atoms with Gasteiger partial charge in [0.05, 0.1) is 0 Å². The Bertz CT molecular complexity index is 223. The summed E-state index contributed by atoms with van der Waals surface area (Å²) in [7, 11) is 3.01. The molecule has 0 saturated heterocycles. The van der Waals surface area contributed by atoms with Crippen LogP contribution in [0.1, 0.15) is 0 Å². The molecule has 0 heterocycles. The highest BCUT2D eigenvalue weighted by Crippen LogP contribution is 2.28. The lowest BCUT2D eigenvalue weighted by atomic mass is 10.4. The molecule has 10 heavy (non-hydrogen) atoms. The molecule has 1 rings (SSSR count). The lowest BCUT2D eigenvalue weighted by Crippen LogP contribution is -1.61. The summed E-state index contributed by atoms with van der Waals surface area (Å²) in [5.41, 5.74) is 0. The van der Waals surface area contributed by atoms with Gasteiger partial charge in [-0.15, -0.1) is 6.42 Å². The van der Waals surface area contributed by atoms with Gasteiger partial charge in [-0.05, 0) is 39.0 Å². The van der Waals surface area contributed by atoms with E-state index < -0.39 is 0 Å². The van der Waals surface area contributed by atoms with Crippen LogP contribution in [-0.4, -0.2) is 0 Å². The molecule has 0 amide bonds. The average molecular weight is 166 g/mol. The largest absolute Gasteiger partial charge is 0.107 e. The second kappa shape index (κ2) is 4.32. The lowest BCUT2D eigenvalue weighted by Gasteiger charge is -1.91. The summed E-state index contributed by atoms with van der Waals surface area (Å²) in [4.78, 5) is 1.20. The number of rotatable bonds is 2. The first-order valence-electron chi connectivity index (χ1n) is 2.77. The van der Waals surface area contributed by atoms with Crippen LogP contribution >= 0.6 is 21.6 Å². The molecule has 0 nitrogen and oxygen atoms in total. The van der Waals surface area contributed by atoms with E-state index in [9.17, 15) is 0 Å². The minimum Gasteiger partial charge on any atom is -0.107 e. The second-order valence-electron chi connectivity index (χ2n) is 1.60. The van der Waals surface area contributed by atoms with Crippen molar-refractivity contribution in [2.24, 2.45) is 0 Å². The van der Waals surface area contributed by atoms with Gasteiger partial charge in [0.15, 0.2) is 0 Å². The maximum absolute atomic E-state index is 5.07. The van der Waals surface area contributed by atoms with E-state index >= 15 is 0 Å². The lowest BCUT2D eigenvalue weighted by molar-refractivity contribution is 1.48. The summed E-state index contributed by atoms with van der Waals surface area (Å²) in [5, 5.41) is 2.50. The van der Waals surface area contributed by atoms with Crippen LogP contribution in [0.25, 0.3) is 0 Å². The molecule has 0 aromatic heterocycles. The Morgan fingerprint density at radius 2 is 1.90 bits per heavy atom. The van der Waals surface area contributed by atoms with Gasteiger partial charge >= 0.3 is 0 Å². The normalized spacial score (nSPS) is 8.70. The highest BCUT2D eigenvalue weighted by atomic mass is 33.1. The predicted octanol–water partition coefficient (Wildman–Crippen LogP) is 3.02. The van der Waals surface area contributed by atoms with Gasteiger partial charge in [-0.2, -0.15) is 0 Å². The average Bonchev–Trinajstić information content (AvgIpc) is 2.03. The Balaban J connectivity index is 2.52. The maximum atomic E-state index is 5.07. The fraction of sp³-hybridized carbons (Fsp3) is 0. The van der Waals surface area contributed by atoms with Gasteiger partial charge in [0, 0.05) is 4.90 Å². The van der Waals surface area contributed by atoms with Gasteiger partial charge in [0.2, 0.25) is 0 Å². The fourth-order valence-electron chi connectivity index (χ4n) is 0.548. The van der Waals surface area contributed by atoms with Crippen molar-refractivity contribution in [2.75, 3.05) is 0 Å². The van der Waals surface area contributed by atoms with E-state index in [1.165, 1.54) is 15.7 Å². The van der Waals surface area contributed by atoms with Crippen LogP contribution in [0.15, 0.2) is 35.2 Å². The van der Waals surface area contributed by atoms with Crippen molar-refractivity contribution in [1.82, 2.24) is 0 Å². The molecule has 1 aromatic carbocycles. The van der Waals surface area contributed by atoms with Crippen LogP contribution in [0.3, 0.4) is 0 Å². The summed E-state index contributed by atoms with van der Waals surface area (Å²) in [6.07, 6.45) is 5.07. The number of terminal acetylenes is 1.